The molecule has 4 unspecified atom stereocenters. The number of nitrogens with zero attached hydrogens (tertiary/aromatic N) is 5. The van der Waals surface area contributed by atoms with E-state index in [1.54, 1.807) is 0 Å². The monoisotopic (exact) mass is 628 g/mol. The SMILES string of the molecule is Nc1cc(Cl)c(C(F)(F)F)c(C2=NC3OCCC4CC(O)CN4C4=NC(OC[C@@]56CCCN5C[C@H](F)C6)=NC(=C2F)C43)c1. The van der Waals surface area contributed by atoms with Crippen LogP contribution in [0.5, 0.6) is 0 Å². The fraction of sp³-hybridized carbons (Fsp3) is 0.607. The van der Waals surface area contributed by atoms with Gasteiger partial charge in [-0.1, -0.05) is 11.6 Å². The predicted molar refractivity (Wildman–Crippen MR) is 148 cm³/mol. The summed E-state index contributed by atoms with van der Waals surface area (Å²) in [6, 6.07) is 1.56. The van der Waals surface area contributed by atoms with Crippen LogP contribution in [0.25, 0.3) is 0 Å². The lowest BCUT2D eigenvalue weighted by Gasteiger charge is -2.40. The van der Waals surface area contributed by atoms with Crippen molar-refractivity contribution in [1.82, 2.24) is 9.80 Å². The van der Waals surface area contributed by atoms with Gasteiger partial charge in [0.15, 0.2) is 12.1 Å². The number of fused-ring (bicyclic) bond motifs is 3. The zero-order valence-corrected chi connectivity index (χ0v) is 23.7. The van der Waals surface area contributed by atoms with Gasteiger partial charge < -0.3 is 25.2 Å². The summed E-state index contributed by atoms with van der Waals surface area (Å²) in [7, 11) is 0. The van der Waals surface area contributed by atoms with Crippen LogP contribution in [0, 0.1) is 5.92 Å². The van der Waals surface area contributed by atoms with Crippen LogP contribution in [0.2, 0.25) is 5.02 Å². The largest absolute Gasteiger partial charge is 0.461 e. The van der Waals surface area contributed by atoms with Crippen LogP contribution in [-0.2, 0) is 15.7 Å². The summed E-state index contributed by atoms with van der Waals surface area (Å²) in [4.78, 5) is 17.3. The zero-order chi connectivity index (χ0) is 30.3. The summed E-state index contributed by atoms with van der Waals surface area (Å²) in [5, 5.41) is 9.80. The maximum Gasteiger partial charge on any atom is 0.418 e. The Balaban J connectivity index is 1.33. The molecule has 4 fully saturated rings. The van der Waals surface area contributed by atoms with Crippen LogP contribution in [0.3, 0.4) is 0 Å². The number of rotatable bonds is 3. The van der Waals surface area contributed by atoms with Gasteiger partial charge in [0, 0.05) is 36.8 Å². The maximum absolute atomic E-state index is 16.5. The number of hydrogen-bond donors (Lipinski definition) is 2. The Morgan fingerprint density at radius 2 is 2.05 bits per heavy atom. The first-order valence-electron chi connectivity index (χ1n) is 14.3. The molecule has 232 valence electrons. The van der Waals surface area contributed by atoms with E-state index >= 15 is 4.39 Å². The molecule has 0 aromatic heterocycles. The number of anilines is 1. The molecule has 1 aromatic carbocycles. The van der Waals surface area contributed by atoms with Gasteiger partial charge in [-0.2, -0.15) is 23.2 Å². The first kappa shape index (κ1) is 28.9. The number of dihydropyridines is 1. The summed E-state index contributed by atoms with van der Waals surface area (Å²) in [6.07, 6.45) is -4.95. The number of aliphatic hydroxyl groups is 1. The smallest absolute Gasteiger partial charge is 0.418 e. The van der Waals surface area contributed by atoms with Crippen molar-refractivity contribution in [3.63, 3.8) is 0 Å². The number of allylic oxidation sites excluding steroid dienone is 1. The summed E-state index contributed by atoms with van der Waals surface area (Å²) < 4.78 is 85.5. The van der Waals surface area contributed by atoms with E-state index in [0.29, 0.717) is 31.6 Å². The van der Waals surface area contributed by atoms with Crippen LogP contribution in [0.15, 0.2) is 38.6 Å². The zero-order valence-electron chi connectivity index (χ0n) is 23.0. The molecule has 0 aliphatic carbocycles. The molecule has 0 amide bonds. The molecular formula is C28H30ClF5N6O3. The summed E-state index contributed by atoms with van der Waals surface area (Å²) in [5.41, 5.74) is 2.39. The Morgan fingerprint density at radius 1 is 1.23 bits per heavy atom. The molecule has 6 heterocycles. The number of amidine groups is 2. The molecule has 9 nitrogen and oxygen atoms in total. The van der Waals surface area contributed by atoms with Crippen molar-refractivity contribution in [2.45, 2.75) is 68.4 Å². The third-order valence-corrected chi connectivity index (χ3v) is 9.58. The lowest BCUT2D eigenvalue weighted by atomic mass is 9.90. The van der Waals surface area contributed by atoms with E-state index < -0.39 is 63.8 Å². The summed E-state index contributed by atoms with van der Waals surface area (Å²) in [6.45, 7) is 1.49. The second-order valence-corrected chi connectivity index (χ2v) is 12.5. The Morgan fingerprint density at radius 3 is 2.84 bits per heavy atom. The molecule has 6 aliphatic heterocycles. The highest BCUT2D eigenvalue weighted by molar-refractivity contribution is 6.32. The van der Waals surface area contributed by atoms with Gasteiger partial charge in [-0.25, -0.2) is 13.8 Å². The van der Waals surface area contributed by atoms with Gasteiger partial charge in [-0.15, -0.1) is 0 Å². The molecule has 0 radical (unpaired) electrons. The van der Waals surface area contributed by atoms with E-state index in [-0.39, 0.29) is 43.2 Å². The molecule has 3 N–H and O–H groups in total. The van der Waals surface area contributed by atoms with Gasteiger partial charge >= 0.3 is 12.2 Å². The molecule has 7 rings (SSSR count). The van der Waals surface area contributed by atoms with Crippen molar-refractivity contribution in [3.05, 3.63) is 39.8 Å². The second kappa shape index (κ2) is 10.4. The van der Waals surface area contributed by atoms with Gasteiger partial charge in [-0.3, -0.25) is 4.90 Å². The number of alkyl halides is 4. The van der Waals surface area contributed by atoms with Crippen molar-refractivity contribution >= 4 is 34.9 Å². The second-order valence-electron chi connectivity index (χ2n) is 12.1. The van der Waals surface area contributed by atoms with Gasteiger partial charge in [0.05, 0.1) is 34.5 Å². The number of ether oxygens (including phenoxy) is 2. The number of aliphatic imine (C=N–C) groups is 3. The van der Waals surface area contributed by atoms with Crippen molar-refractivity contribution < 1.29 is 36.5 Å². The number of halogens is 6. The van der Waals surface area contributed by atoms with Crippen molar-refractivity contribution in [2.24, 2.45) is 20.9 Å². The van der Waals surface area contributed by atoms with Crippen LogP contribution in [-0.4, -0.2) is 95.4 Å². The lowest BCUT2D eigenvalue weighted by Crippen LogP contribution is -2.51. The van der Waals surface area contributed by atoms with Crippen LogP contribution in [0.1, 0.15) is 43.2 Å². The predicted octanol–water partition coefficient (Wildman–Crippen LogP) is 4.08. The quantitative estimate of drug-likeness (QED) is 0.386. The van der Waals surface area contributed by atoms with E-state index in [0.717, 1.165) is 31.5 Å². The standard InChI is InChI=1S/C28H30ClF5N6O3/c29-18-7-14(35)6-17(20(18)28(32,33)34)22-21(31)23-19-24(40-11-16(41)8-15(40)2-5-42-25(19)36-22)38-26(37-23)43-12-27-3-1-4-39(27)10-13(30)9-27/h6-7,13,15-16,19,25,41H,1-5,8-12,35H2/t13-,15?,16?,19?,25?,27+/m1/s1. The van der Waals surface area contributed by atoms with Crippen LogP contribution >= 0.6 is 11.6 Å². The molecule has 4 saturated heterocycles. The number of nitrogens with two attached hydrogens (primary N) is 1. The van der Waals surface area contributed by atoms with Crippen molar-refractivity contribution in [3.8, 4) is 0 Å². The minimum atomic E-state index is -4.94. The van der Waals surface area contributed by atoms with Gasteiger partial charge in [0.2, 0.25) is 0 Å². The molecule has 15 heteroatoms. The van der Waals surface area contributed by atoms with E-state index in [1.165, 1.54) is 0 Å². The molecule has 0 bridgehead atoms. The highest BCUT2D eigenvalue weighted by Gasteiger charge is 2.51. The number of aliphatic hydroxyl groups excluding tert-OH is 1. The Bertz CT molecular complexity index is 1470. The highest BCUT2D eigenvalue weighted by atomic mass is 35.5. The van der Waals surface area contributed by atoms with Crippen LogP contribution in [0.4, 0.5) is 27.6 Å². The molecule has 0 saturated carbocycles. The molecular weight excluding hydrogens is 599 g/mol. The van der Waals surface area contributed by atoms with Gasteiger partial charge in [0.1, 0.15) is 30.2 Å². The summed E-state index contributed by atoms with van der Waals surface area (Å²) >= 11 is 5.98. The van der Waals surface area contributed by atoms with E-state index in [2.05, 4.69) is 19.9 Å². The highest BCUT2D eigenvalue weighted by Crippen LogP contribution is 2.45. The normalized spacial score (nSPS) is 34.2. The number of hydrogen-bond acceptors (Lipinski definition) is 9. The third kappa shape index (κ3) is 4.90. The average Bonchev–Trinajstić information content (AvgIpc) is 3.57. The first-order chi connectivity index (χ1) is 20.4. The number of nitrogen functional groups attached to an aromatic ring is 1. The minimum absolute atomic E-state index is 0.0680. The third-order valence-electron chi connectivity index (χ3n) is 9.28. The molecule has 43 heavy (non-hydrogen) atoms. The average molecular weight is 629 g/mol. The van der Waals surface area contributed by atoms with E-state index in [1.807, 2.05) is 4.90 Å². The number of benzene rings is 1. The van der Waals surface area contributed by atoms with Crippen LogP contribution < -0.4 is 5.73 Å². The molecule has 6 atom stereocenters. The fourth-order valence-corrected chi connectivity index (χ4v) is 7.80. The minimum Gasteiger partial charge on any atom is -0.461 e. The molecule has 0 spiro atoms. The molecule has 1 aromatic rings. The molecule has 6 aliphatic rings. The lowest BCUT2D eigenvalue weighted by molar-refractivity contribution is -0.137. The topological polar surface area (TPSA) is 108 Å². The Kier molecular flexibility index (Phi) is 6.99. The fourth-order valence-electron chi connectivity index (χ4n) is 7.47. The van der Waals surface area contributed by atoms with E-state index in [4.69, 9.17) is 26.8 Å². The van der Waals surface area contributed by atoms with Gasteiger partial charge in [-0.05, 0) is 44.4 Å². The maximum atomic E-state index is 16.5. The van der Waals surface area contributed by atoms with Crippen molar-refractivity contribution in [1.29, 1.82) is 0 Å². The van der Waals surface area contributed by atoms with E-state index in [9.17, 15) is 22.7 Å². The Hall–Kier alpha value is -2.81. The van der Waals surface area contributed by atoms with Crippen molar-refractivity contribution in [2.75, 3.05) is 38.6 Å². The first-order valence-corrected chi connectivity index (χ1v) is 14.7. The Labute approximate surface area is 248 Å². The summed E-state index contributed by atoms with van der Waals surface area (Å²) in [5.74, 6) is -1.81. The van der Waals surface area contributed by atoms with Gasteiger partial charge in [0.25, 0.3) is 0 Å².